The van der Waals surface area contributed by atoms with Gasteiger partial charge in [0.1, 0.15) is 12.4 Å². The molecular weight excluding hydrogens is 379 g/mol. The molecular formula is C14H11BrCl2N2O2. The predicted molar refractivity (Wildman–Crippen MR) is 87.4 cm³/mol. The van der Waals surface area contributed by atoms with E-state index in [9.17, 15) is 0 Å². The van der Waals surface area contributed by atoms with Gasteiger partial charge >= 0.3 is 0 Å². The molecule has 3 N–H and O–H groups in total. The van der Waals surface area contributed by atoms with E-state index in [1.807, 2.05) is 6.07 Å². The highest BCUT2D eigenvalue weighted by atomic mass is 79.9. The third kappa shape index (κ3) is 3.81. The second-order valence-corrected chi connectivity index (χ2v) is 5.83. The Morgan fingerprint density at radius 2 is 2.05 bits per heavy atom. The van der Waals surface area contributed by atoms with Gasteiger partial charge in [-0.1, -0.05) is 56.4 Å². The minimum Gasteiger partial charge on any atom is -0.488 e. The number of hydrogen-bond acceptors (Lipinski definition) is 3. The lowest BCUT2D eigenvalue weighted by atomic mass is 10.2. The molecule has 0 amide bonds. The third-order valence-electron chi connectivity index (χ3n) is 2.74. The van der Waals surface area contributed by atoms with Crippen molar-refractivity contribution < 1.29 is 9.94 Å². The normalized spacial score (nSPS) is 11.5. The molecule has 0 bridgehead atoms. The van der Waals surface area contributed by atoms with E-state index in [0.29, 0.717) is 21.4 Å². The Kier molecular flexibility index (Phi) is 5.33. The summed E-state index contributed by atoms with van der Waals surface area (Å²) in [5, 5.41) is 12.7. The number of amidine groups is 1. The average Bonchev–Trinajstić information content (AvgIpc) is 2.49. The lowest BCUT2D eigenvalue weighted by Crippen LogP contribution is -2.15. The summed E-state index contributed by atoms with van der Waals surface area (Å²) in [4.78, 5) is 0. The summed E-state index contributed by atoms with van der Waals surface area (Å²) in [6.07, 6.45) is 0. The Labute approximate surface area is 140 Å². The number of benzene rings is 2. The van der Waals surface area contributed by atoms with Crippen LogP contribution in [0, 0.1) is 0 Å². The van der Waals surface area contributed by atoms with Gasteiger partial charge in [-0.05, 0) is 24.3 Å². The van der Waals surface area contributed by atoms with Crippen LogP contribution in [0.1, 0.15) is 11.1 Å². The van der Waals surface area contributed by atoms with Gasteiger partial charge in [-0.2, -0.15) is 0 Å². The van der Waals surface area contributed by atoms with Gasteiger partial charge in [-0.15, -0.1) is 0 Å². The summed E-state index contributed by atoms with van der Waals surface area (Å²) in [7, 11) is 0. The van der Waals surface area contributed by atoms with Crippen LogP contribution in [0.15, 0.2) is 46.0 Å². The fraction of sp³-hybridized carbons (Fsp3) is 0.0714. The van der Waals surface area contributed by atoms with Crippen molar-refractivity contribution in [2.45, 2.75) is 6.61 Å². The van der Waals surface area contributed by atoms with E-state index in [4.69, 9.17) is 38.9 Å². The fourth-order valence-electron chi connectivity index (χ4n) is 1.70. The van der Waals surface area contributed by atoms with Gasteiger partial charge in [0, 0.05) is 10.0 Å². The van der Waals surface area contributed by atoms with Crippen molar-refractivity contribution in [3.63, 3.8) is 0 Å². The molecule has 0 aliphatic carbocycles. The molecule has 0 atom stereocenters. The van der Waals surface area contributed by atoms with Gasteiger partial charge in [0.15, 0.2) is 5.84 Å². The summed E-state index contributed by atoms with van der Waals surface area (Å²) in [6.45, 7) is 0.215. The first-order chi connectivity index (χ1) is 10.0. The zero-order chi connectivity index (χ0) is 15.4. The third-order valence-corrected chi connectivity index (χ3v) is 4.09. The molecule has 21 heavy (non-hydrogen) atoms. The first kappa shape index (κ1) is 15.9. The van der Waals surface area contributed by atoms with E-state index in [1.165, 1.54) is 0 Å². The molecule has 0 spiro atoms. The maximum atomic E-state index is 8.82. The number of nitrogens with zero attached hydrogens (tertiary/aromatic N) is 1. The number of oxime groups is 1. The fourth-order valence-corrected chi connectivity index (χ4v) is 2.43. The highest BCUT2D eigenvalue weighted by Gasteiger charge is 2.11. The molecule has 2 aromatic carbocycles. The lowest BCUT2D eigenvalue weighted by Gasteiger charge is -2.12. The van der Waals surface area contributed by atoms with Gasteiger partial charge in [0.05, 0.1) is 15.6 Å². The molecule has 0 saturated carbocycles. The monoisotopic (exact) mass is 388 g/mol. The summed E-state index contributed by atoms with van der Waals surface area (Å²) in [6, 6.07) is 10.5. The van der Waals surface area contributed by atoms with E-state index in [2.05, 4.69) is 21.1 Å². The van der Waals surface area contributed by atoms with Crippen LogP contribution < -0.4 is 10.5 Å². The van der Waals surface area contributed by atoms with E-state index in [0.717, 1.165) is 10.0 Å². The molecule has 2 aromatic rings. The molecule has 0 unspecified atom stereocenters. The molecule has 0 saturated heterocycles. The number of halogens is 3. The van der Waals surface area contributed by atoms with Gasteiger partial charge in [-0.3, -0.25) is 0 Å². The number of nitrogens with two attached hydrogens (primary N) is 1. The summed E-state index contributed by atoms with van der Waals surface area (Å²) in [5.74, 6) is 0.438. The van der Waals surface area contributed by atoms with Crippen LogP contribution >= 0.6 is 39.1 Å². The molecule has 7 heteroatoms. The van der Waals surface area contributed by atoms with Gasteiger partial charge in [0.2, 0.25) is 0 Å². The van der Waals surface area contributed by atoms with Crippen LogP contribution in [0.5, 0.6) is 5.75 Å². The van der Waals surface area contributed by atoms with Crippen LogP contribution in [-0.2, 0) is 6.61 Å². The van der Waals surface area contributed by atoms with E-state index >= 15 is 0 Å². The molecule has 0 heterocycles. The highest BCUT2D eigenvalue weighted by molar-refractivity contribution is 9.10. The average molecular weight is 390 g/mol. The van der Waals surface area contributed by atoms with Gasteiger partial charge in [0.25, 0.3) is 0 Å². The van der Waals surface area contributed by atoms with Crippen molar-refractivity contribution in [1.82, 2.24) is 0 Å². The molecule has 2 rings (SSSR count). The molecule has 110 valence electrons. The van der Waals surface area contributed by atoms with Crippen molar-refractivity contribution in [2.24, 2.45) is 10.9 Å². The number of rotatable bonds is 4. The van der Waals surface area contributed by atoms with E-state index in [-0.39, 0.29) is 12.4 Å². The summed E-state index contributed by atoms with van der Waals surface area (Å²) in [5.41, 5.74) is 6.86. The smallest absolute Gasteiger partial charge is 0.173 e. The minimum atomic E-state index is -0.0384. The molecule has 0 aromatic heterocycles. The Balaban J connectivity index is 2.26. The van der Waals surface area contributed by atoms with Crippen molar-refractivity contribution in [3.05, 3.63) is 62.0 Å². The van der Waals surface area contributed by atoms with Crippen molar-refractivity contribution >= 4 is 45.0 Å². The quantitative estimate of drug-likeness (QED) is 0.351. The predicted octanol–water partition coefficient (Wildman–Crippen LogP) is 4.43. The van der Waals surface area contributed by atoms with Crippen LogP contribution in [0.3, 0.4) is 0 Å². The van der Waals surface area contributed by atoms with E-state index < -0.39 is 0 Å². The maximum Gasteiger partial charge on any atom is 0.173 e. The van der Waals surface area contributed by atoms with Crippen LogP contribution in [0.25, 0.3) is 0 Å². The van der Waals surface area contributed by atoms with Crippen LogP contribution in [-0.4, -0.2) is 11.0 Å². The molecule has 0 aliphatic rings. The van der Waals surface area contributed by atoms with Crippen molar-refractivity contribution in [2.75, 3.05) is 0 Å². The standard InChI is InChI=1S/C14H11BrCl2N2O2/c15-9-4-5-12(10(6-9)14(18)19-20)21-7-8-2-1-3-11(16)13(8)17/h1-6,20H,7H2,(H2,18,19). The second kappa shape index (κ2) is 7.02. The van der Waals surface area contributed by atoms with Gasteiger partial charge in [-0.25, -0.2) is 0 Å². The minimum absolute atomic E-state index is 0.0384. The Morgan fingerprint density at radius 1 is 1.29 bits per heavy atom. The Morgan fingerprint density at radius 3 is 2.76 bits per heavy atom. The first-order valence-corrected chi connectivity index (χ1v) is 7.41. The lowest BCUT2D eigenvalue weighted by molar-refractivity contribution is 0.303. The van der Waals surface area contributed by atoms with Crippen molar-refractivity contribution in [1.29, 1.82) is 0 Å². The van der Waals surface area contributed by atoms with Crippen molar-refractivity contribution in [3.8, 4) is 5.75 Å². The molecule has 0 radical (unpaired) electrons. The van der Waals surface area contributed by atoms with Gasteiger partial charge < -0.3 is 15.7 Å². The molecule has 0 fully saturated rings. The zero-order valence-electron chi connectivity index (χ0n) is 10.7. The zero-order valence-corrected chi connectivity index (χ0v) is 13.8. The number of ether oxygens (including phenoxy) is 1. The second-order valence-electron chi connectivity index (χ2n) is 4.13. The van der Waals surface area contributed by atoms with Crippen LogP contribution in [0.4, 0.5) is 0 Å². The number of hydrogen-bond donors (Lipinski definition) is 2. The topological polar surface area (TPSA) is 67.8 Å². The first-order valence-electron chi connectivity index (χ1n) is 5.86. The van der Waals surface area contributed by atoms with E-state index in [1.54, 1.807) is 30.3 Å². The van der Waals surface area contributed by atoms with Crippen LogP contribution in [0.2, 0.25) is 10.0 Å². The Hall–Kier alpha value is -1.43. The summed E-state index contributed by atoms with van der Waals surface area (Å²) >= 11 is 15.4. The highest BCUT2D eigenvalue weighted by Crippen LogP contribution is 2.28. The maximum absolute atomic E-state index is 8.82. The molecule has 4 nitrogen and oxygen atoms in total. The SMILES string of the molecule is N/C(=N/O)c1cc(Br)ccc1OCc1cccc(Cl)c1Cl. The molecule has 0 aliphatic heterocycles. The largest absolute Gasteiger partial charge is 0.488 e. The Bertz CT molecular complexity index is 693. The summed E-state index contributed by atoms with van der Waals surface area (Å²) < 4.78 is 6.49.